The lowest BCUT2D eigenvalue weighted by Gasteiger charge is -2.07. The number of rotatable bonds is 3. The molecule has 2 N–H and O–H groups in total. The van der Waals surface area contributed by atoms with Crippen LogP contribution in [-0.2, 0) is 16.4 Å². The average Bonchev–Trinajstić information content (AvgIpc) is 2.38. The minimum Gasteiger partial charge on any atom is -0.326 e. The molecular weight excluding hydrogens is 250 g/mol. The minimum absolute atomic E-state index is 0.00106. The minimum atomic E-state index is -3.41. The van der Waals surface area contributed by atoms with E-state index in [1.54, 1.807) is 0 Å². The molecule has 0 spiro atoms. The molecule has 0 bridgehead atoms. The van der Waals surface area contributed by atoms with Crippen molar-refractivity contribution < 1.29 is 8.42 Å². The van der Waals surface area contributed by atoms with Gasteiger partial charge in [0.05, 0.1) is 0 Å². The predicted octanol–water partition coefficient (Wildman–Crippen LogP) is 1.01. The number of nitrogens with two attached hydrogens (primary N) is 1. The van der Waals surface area contributed by atoms with E-state index in [0.717, 1.165) is 11.8 Å². The first-order valence-corrected chi connectivity index (χ1v) is 7.23. The van der Waals surface area contributed by atoms with Crippen molar-refractivity contribution in [3.8, 4) is 11.4 Å². The molecule has 94 valence electrons. The number of benzene rings is 1. The summed E-state index contributed by atoms with van der Waals surface area (Å²) < 4.78 is 23.3. The van der Waals surface area contributed by atoms with Gasteiger partial charge in [-0.2, -0.15) is 0 Å². The highest BCUT2D eigenvalue weighted by Gasteiger charge is 2.16. The first-order chi connectivity index (χ1) is 8.52. The van der Waals surface area contributed by atoms with Crippen LogP contribution in [0.4, 0.5) is 0 Å². The van der Waals surface area contributed by atoms with Crippen LogP contribution in [0, 0.1) is 0 Å². The van der Waals surface area contributed by atoms with E-state index < -0.39 is 9.84 Å². The molecule has 0 saturated carbocycles. The largest absolute Gasteiger partial charge is 0.326 e. The number of hydrogen-bond acceptors (Lipinski definition) is 5. The van der Waals surface area contributed by atoms with Crippen LogP contribution in [0.2, 0.25) is 0 Å². The molecule has 6 heteroatoms. The van der Waals surface area contributed by atoms with Gasteiger partial charge in [-0.15, -0.1) is 0 Å². The van der Waals surface area contributed by atoms with E-state index in [4.69, 9.17) is 5.73 Å². The highest BCUT2D eigenvalue weighted by molar-refractivity contribution is 7.90. The Morgan fingerprint density at radius 1 is 1.22 bits per heavy atom. The molecule has 2 rings (SSSR count). The van der Waals surface area contributed by atoms with Gasteiger partial charge < -0.3 is 5.73 Å². The lowest BCUT2D eigenvalue weighted by molar-refractivity contribution is 0.596. The van der Waals surface area contributed by atoms with E-state index in [1.807, 2.05) is 30.3 Å². The molecule has 1 aromatic carbocycles. The maximum Gasteiger partial charge on any atom is 0.193 e. The molecule has 0 aliphatic rings. The van der Waals surface area contributed by atoms with Gasteiger partial charge in [0, 0.05) is 30.1 Å². The van der Waals surface area contributed by atoms with Crippen molar-refractivity contribution in [3.05, 3.63) is 42.1 Å². The Balaban J connectivity index is 2.61. The van der Waals surface area contributed by atoms with Crippen LogP contribution < -0.4 is 5.73 Å². The van der Waals surface area contributed by atoms with Gasteiger partial charge in [0.2, 0.25) is 0 Å². The third kappa shape index (κ3) is 2.55. The van der Waals surface area contributed by atoms with E-state index in [0.29, 0.717) is 11.4 Å². The zero-order valence-corrected chi connectivity index (χ0v) is 10.7. The first kappa shape index (κ1) is 12.7. The fourth-order valence-corrected chi connectivity index (χ4v) is 2.44. The lowest BCUT2D eigenvalue weighted by Crippen LogP contribution is -2.10. The molecule has 2 aromatic rings. The highest BCUT2D eigenvalue weighted by Crippen LogP contribution is 2.18. The van der Waals surface area contributed by atoms with Gasteiger partial charge in [-0.1, -0.05) is 30.3 Å². The summed E-state index contributed by atoms with van der Waals surface area (Å²) in [7, 11) is -3.41. The Kier molecular flexibility index (Phi) is 3.40. The Labute approximate surface area is 106 Å². The zero-order valence-electron chi connectivity index (χ0n) is 9.87. The standard InChI is InChI=1S/C12H13N3O2S/c1-18(16,17)12-10(7-13)8-14-11(15-12)9-5-3-2-4-6-9/h2-6,8H,7,13H2,1H3. The maximum atomic E-state index is 11.7. The van der Waals surface area contributed by atoms with Crippen LogP contribution in [0.15, 0.2) is 41.6 Å². The van der Waals surface area contributed by atoms with Crippen molar-refractivity contribution in [3.63, 3.8) is 0 Å². The molecule has 1 aromatic heterocycles. The summed E-state index contributed by atoms with van der Waals surface area (Å²) in [6.07, 6.45) is 2.58. The van der Waals surface area contributed by atoms with Gasteiger partial charge in [0.1, 0.15) is 0 Å². The monoisotopic (exact) mass is 263 g/mol. The summed E-state index contributed by atoms with van der Waals surface area (Å²) in [5, 5.41) is -0.00106. The Hall–Kier alpha value is -1.79. The molecule has 0 atom stereocenters. The molecule has 18 heavy (non-hydrogen) atoms. The first-order valence-electron chi connectivity index (χ1n) is 5.34. The SMILES string of the molecule is CS(=O)(=O)c1nc(-c2ccccc2)ncc1CN. The third-order valence-corrected chi connectivity index (χ3v) is 3.48. The molecule has 0 aliphatic carbocycles. The molecule has 0 fully saturated rings. The second kappa shape index (κ2) is 4.83. The molecule has 0 unspecified atom stereocenters. The van der Waals surface area contributed by atoms with Crippen molar-refractivity contribution in [1.29, 1.82) is 0 Å². The van der Waals surface area contributed by atoms with E-state index in [1.165, 1.54) is 6.20 Å². The van der Waals surface area contributed by atoms with Gasteiger partial charge in [0.25, 0.3) is 0 Å². The lowest BCUT2D eigenvalue weighted by atomic mass is 10.2. The number of aromatic nitrogens is 2. The fourth-order valence-electron chi connectivity index (χ4n) is 1.58. The number of nitrogens with zero attached hydrogens (tertiary/aromatic N) is 2. The second-order valence-corrected chi connectivity index (χ2v) is 5.80. The van der Waals surface area contributed by atoms with Gasteiger partial charge in [0.15, 0.2) is 20.7 Å². The van der Waals surface area contributed by atoms with Crippen LogP contribution in [-0.4, -0.2) is 24.6 Å². The van der Waals surface area contributed by atoms with Gasteiger partial charge in [-0.25, -0.2) is 18.4 Å². The summed E-state index contributed by atoms with van der Waals surface area (Å²) in [5.74, 6) is 0.383. The quantitative estimate of drug-likeness (QED) is 0.835. The van der Waals surface area contributed by atoms with E-state index >= 15 is 0 Å². The van der Waals surface area contributed by atoms with E-state index in [2.05, 4.69) is 9.97 Å². The highest BCUT2D eigenvalue weighted by atomic mass is 32.2. The number of sulfone groups is 1. The van der Waals surface area contributed by atoms with Crippen molar-refractivity contribution in [2.75, 3.05) is 6.26 Å². The second-order valence-electron chi connectivity index (χ2n) is 3.87. The van der Waals surface area contributed by atoms with Crippen molar-refractivity contribution in [2.45, 2.75) is 11.6 Å². The summed E-state index contributed by atoms with van der Waals surface area (Å²) in [4.78, 5) is 8.24. The summed E-state index contributed by atoms with van der Waals surface area (Å²) in [6, 6.07) is 9.20. The topological polar surface area (TPSA) is 85.9 Å². The smallest absolute Gasteiger partial charge is 0.193 e. The summed E-state index contributed by atoms with van der Waals surface area (Å²) in [5.41, 5.74) is 6.69. The Morgan fingerprint density at radius 2 is 1.89 bits per heavy atom. The van der Waals surface area contributed by atoms with Gasteiger partial charge >= 0.3 is 0 Å². The van der Waals surface area contributed by atoms with Crippen molar-refractivity contribution >= 4 is 9.84 Å². The van der Waals surface area contributed by atoms with Crippen molar-refractivity contribution in [1.82, 2.24) is 9.97 Å². The fraction of sp³-hybridized carbons (Fsp3) is 0.167. The van der Waals surface area contributed by atoms with Crippen molar-refractivity contribution in [2.24, 2.45) is 5.73 Å². The maximum absolute atomic E-state index is 11.7. The summed E-state index contributed by atoms with van der Waals surface area (Å²) >= 11 is 0. The summed E-state index contributed by atoms with van der Waals surface area (Å²) in [6.45, 7) is 0.0947. The zero-order chi connectivity index (χ0) is 13.2. The van der Waals surface area contributed by atoms with Crippen LogP contribution in [0.3, 0.4) is 0 Å². The average molecular weight is 263 g/mol. The van der Waals surface area contributed by atoms with Crippen LogP contribution in [0.25, 0.3) is 11.4 Å². The van der Waals surface area contributed by atoms with Crippen LogP contribution in [0.5, 0.6) is 0 Å². The molecular formula is C12H13N3O2S. The van der Waals surface area contributed by atoms with E-state index in [-0.39, 0.29) is 11.6 Å². The molecule has 0 amide bonds. The molecule has 0 aliphatic heterocycles. The molecule has 0 saturated heterocycles. The van der Waals surface area contributed by atoms with Gasteiger partial charge in [-0.3, -0.25) is 0 Å². The molecule has 5 nitrogen and oxygen atoms in total. The predicted molar refractivity (Wildman–Crippen MR) is 68.5 cm³/mol. The molecule has 1 heterocycles. The van der Waals surface area contributed by atoms with E-state index in [9.17, 15) is 8.42 Å². The van der Waals surface area contributed by atoms with Gasteiger partial charge in [-0.05, 0) is 0 Å². The molecule has 0 radical (unpaired) electrons. The van der Waals surface area contributed by atoms with Crippen LogP contribution in [0.1, 0.15) is 5.56 Å². The Morgan fingerprint density at radius 3 is 2.44 bits per heavy atom. The normalized spacial score (nSPS) is 11.4. The third-order valence-electron chi connectivity index (χ3n) is 2.43. The number of hydrogen-bond donors (Lipinski definition) is 1. The Bertz CT molecular complexity index is 654. The van der Waals surface area contributed by atoms with Crippen LogP contribution >= 0.6 is 0 Å².